The summed E-state index contributed by atoms with van der Waals surface area (Å²) in [6.07, 6.45) is 1.55. The summed E-state index contributed by atoms with van der Waals surface area (Å²) in [5.74, 6) is 1.64. The van der Waals surface area contributed by atoms with Crippen LogP contribution >= 0.6 is 0 Å². The lowest BCUT2D eigenvalue weighted by Gasteiger charge is -2.27. The highest BCUT2D eigenvalue weighted by molar-refractivity contribution is 5.92. The molecule has 0 fully saturated rings. The Labute approximate surface area is 208 Å². The van der Waals surface area contributed by atoms with E-state index < -0.39 is 6.03 Å². The van der Waals surface area contributed by atoms with Crippen LogP contribution in [0.2, 0.25) is 0 Å². The number of fused-ring (bicyclic) bond motifs is 1. The molecule has 0 atom stereocenters. The van der Waals surface area contributed by atoms with E-state index in [9.17, 15) is 9.59 Å². The zero-order chi connectivity index (χ0) is 25.3. The normalized spacial score (nSPS) is 11.6. The number of rotatable bonds is 10. The molecule has 0 saturated carbocycles. The van der Waals surface area contributed by atoms with Crippen LogP contribution in [0.4, 0.5) is 10.5 Å². The van der Waals surface area contributed by atoms with Crippen LogP contribution in [0.15, 0.2) is 65.3 Å². The van der Waals surface area contributed by atoms with Crippen molar-refractivity contribution in [2.75, 3.05) is 38.9 Å². The van der Waals surface area contributed by atoms with Crippen molar-refractivity contribution in [2.45, 2.75) is 13.1 Å². The molecule has 0 spiro atoms. The molecule has 0 bridgehead atoms. The lowest BCUT2D eigenvalue weighted by molar-refractivity contribution is -0.133. The molecule has 1 N–H and O–H groups in total. The first-order valence-corrected chi connectivity index (χ1v) is 11.3. The third-order valence-corrected chi connectivity index (χ3v) is 5.53. The Morgan fingerprint density at radius 3 is 2.58 bits per heavy atom. The van der Waals surface area contributed by atoms with E-state index >= 15 is 0 Å². The summed E-state index contributed by atoms with van der Waals surface area (Å²) in [6.45, 7) is 0.978. The molecule has 0 aliphatic carbocycles. The van der Waals surface area contributed by atoms with E-state index in [1.54, 1.807) is 47.6 Å². The SMILES string of the molecule is COCCN(CC(=O)N(Cc1ccc2c(c1)OCO2)Cc1ccco1)C(=O)Nc1ccc(C#N)cc1. The van der Waals surface area contributed by atoms with E-state index in [4.69, 9.17) is 23.9 Å². The van der Waals surface area contributed by atoms with E-state index in [-0.39, 0.29) is 45.5 Å². The predicted molar refractivity (Wildman–Crippen MR) is 129 cm³/mol. The van der Waals surface area contributed by atoms with Gasteiger partial charge in [-0.15, -0.1) is 0 Å². The molecule has 1 aliphatic rings. The topological polar surface area (TPSA) is 117 Å². The average Bonchev–Trinajstić information content (AvgIpc) is 3.58. The first-order chi connectivity index (χ1) is 17.6. The summed E-state index contributed by atoms with van der Waals surface area (Å²) >= 11 is 0. The van der Waals surface area contributed by atoms with Crippen molar-refractivity contribution in [3.8, 4) is 17.6 Å². The van der Waals surface area contributed by atoms with Gasteiger partial charge in [0.1, 0.15) is 12.3 Å². The molecular weight excluding hydrogens is 464 g/mol. The van der Waals surface area contributed by atoms with Crippen LogP contribution in [0.25, 0.3) is 0 Å². The van der Waals surface area contributed by atoms with Gasteiger partial charge in [0.2, 0.25) is 12.7 Å². The van der Waals surface area contributed by atoms with Gasteiger partial charge in [-0.25, -0.2) is 4.79 Å². The fourth-order valence-electron chi connectivity index (χ4n) is 3.63. The first kappa shape index (κ1) is 24.6. The number of nitrogens with one attached hydrogen (secondary N) is 1. The second kappa shape index (κ2) is 11.8. The molecule has 3 aromatic rings. The highest BCUT2D eigenvalue weighted by atomic mass is 16.7. The van der Waals surface area contributed by atoms with Crippen LogP contribution in [-0.4, -0.2) is 55.3 Å². The largest absolute Gasteiger partial charge is 0.467 e. The third-order valence-electron chi connectivity index (χ3n) is 5.53. The zero-order valence-corrected chi connectivity index (χ0v) is 19.8. The highest BCUT2D eigenvalue weighted by Gasteiger charge is 2.23. The van der Waals surface area contributed by atoms with Gasteiger partial charge in [-0.05, 0) is 54.1 Å². The van der Waals surface area contributed by atoms with Crippen molar-refractivity contribution in [1.29, 1.82) is 5.26 Å². The van der Waals surface area contributed by atoms with Crippen molar-refractivity contribution in [2.24, 2.45) is 0 Å². The minimum Gasteiger partial charge on any atom is -0.467 e. The number of ether oxygens (including phenoxy) is 3. The number of benzene rings is 2. The number of hydrogen-bond donors (Lipinski definition) is 1. The molecule has 2 aromatic carbocycles. The number of amides is 3. The number of carbonyl (C=O) groups excluding carboxylic acids is 2. The Morgan fingerprint density at radius 2 is 1.86 bits per heavy atom. The van der Waals surface area contributed by atoms with Crippen LogP contribution < -0.4 is 14.8 Å². The number of anilines is 1. The zero-order valence-electron chi connectivity index (χ0n) is 19.8. The highest BCUT2D eigenvalue weighted by Crippen LogP contribution is 2.33. The minimum absolute atomic E-state index is 0.163. The maximum atomic E-state index is 13.5. The maximum absolute atomic E-state index is 13.5. The van der Waals surface area contributed by atoms with Gasteiger partial charge in [0, 0.05) is 25.9 Å². The van der Waals surface area contributed by atoms with Crippen molar-refractivity contribution in [1.82, 2.24) is 9.80 Å². The van der Waals surface area contributed by atoms with E-state index in [1.807, 2.05) is 24.3 Å². The summed E-state index contributed by atoms with van der Waals surface area (Å²) < 4.78 is 21.4. The van der Waals surface area contributed by atoms with Gasteiger partial charge < -0.3 is 33.7 Å². The van der Waals surface area contributed by atoms with Crippen LogP contribution in [0, 0.1) is 11.3 Å². The number of urea groups is 1. The summed E-state index contributed by atoms with van der Waals surface area (Å²) in [5, 5.41) is 11.7. The smallest absolute Gasteiger partial charge is 0.322 e. The molecule has 10 heteroatoms. The van der Waals surface area contributed by atoms with E-state index in [0.717, 1.165) is 5.56 Å². The molecule has 0 radical (unpaired) electrons. The van der Waals surface area contributed by atoms with Crippen LogP contribution in [0.3, 0.4) is 0 Å². The first-order valence-electron chi connectivity index (χ1n) is 11.3. The fraction of sp³-hybridized carbons (Fsp3) is 0.269. The number of nitrogens with zero attached hydrogens (tertiary/aromatic N) is 3. The Morgan fingerprint density at radius 1 is 1.06 bits per heavy atom. The molecule has 36 heavy (non-hydrogen) atoms. The maximum Gasteiger partial charge on any atom is 0.322 e. The monoisotopic (exact) mass is 490 g/mol. The summed E-state index contributed by atoms with van der Waals surface area (Å²) in [6, 6.07) is 17.1. The van der Waals surface area contributed by atoms with Crippen molar-refractivity contribution < 1.29 is 28.2 Å². The molecular formula is C26H26N4O6. The van der Waals surface area contributed by atoms with Crippen LogP contribution in [-0.2, 0) is 22.6 Å². The number of carbonyl (C=O) groups is 2. The van der Waals surface area contributed by atoms with Gasteiger partial charge in [-0.3, -0.25) is 4.79 Å². The lowest BCUT2D eigenvalue weighted by Crippen LogP contribution is -2.45. The lowest BCUT2D eigenvalue weighted by atomic mass is 10.2. The molecule has 186 valence electrons. The van der Waals surface area contributed by atoms with E-state index in [2.05, 4.69) is 5.32 Å². The van der Waals surface area contributed by atoms with E-state index in [0.29, 0.717) is 28.5 Å². The molecule has 3 amide bonds. The molecule has 10 nitrogen and oxygen atoms in total. The number of methoxy groups -OCH3 is 1. The predicted octanol–water partition coefficient (Wildman–Crippen LogP) is 3.59. The quantitative estimate of drug-likeness (QED) is 0.462. The van der Waals surface area contributed by atoms with Crippen molar-refractivity contribution in [3.05, 3.63) is 77.7 Å². The van der Waals surface area contributed by atoms with Gasteiger partial charge >= 0.3 is 6.03 Å². The summed E-state index contributed by atoms with van der Waals surface area (Å²) in [4.78, 5) is 29.5. The summed E-state index contributed by atoms with van der Waals surface area (Å²) in [7, 11) is 1.53. The summed E-state index contributed by atoms with van der Waals surface area (Å²) in [5.41, 5.74) is 1.85. The number of hydrogen-bond acceptors (Lipinski definition) is 7. The van der Waals surface area contributed by atoms with Gasteiger partial charge in [0.25, 0.3) is 0 Å². The Bertz CT molecular complexity index is 1220. The Balaban J connectivity index is 1.48. The second-order valence-corrected chi connectivity index (χ2v) is 8.05. The number of nitriles is 1. The minimum atomic E-state index is -0.453. The van der Waals surface area contributed by atoms with Gasteiger partial charge in [0.15, 0.2) is 11.5 Å². The van der Waals surface area contributed by atoms with Crippen LogP contribution in [0.1, 0.15) is 16.9 Å². The van der Waals surface area contributed by atoms with Crippen LogP contribution in [0.5, 0.6) is 11.5 Å². The molecule has 1 aromatic heterocycles. The molecule has 0 unspecified atom stereocenters. The fourth-order valence-corrected chi connectivity index (χ4v) is 3.63. The Hall–Kier alpha value is -4.49. The van der Waals surface area contributed by atoms with Crippen molar-refractivity contribution in [3.63, 3.8) is 0 Å². The Kier molecular flexibility index (Phi) is 8.05. The van der Waals surface area contributed by atoms with Gasteiger partial charge in [0.05, 0.1) is 31.0 Å². The molecule has 1 aliphatic heterocycles. The third kappa shape index (κ3) is 6.34. The van der Waals surface area contributed by atoms with Gasteiger partial charge in [-0.2, -0.15) is 5.26 Å². The molecule has 4 rings (SSSR count). The molecule has 0 saturated heterocycles. The van der Waals surface area contributed by atoms with Crippen molar-refractivity contribution >= 4 is 17.6 Å². The van der Waals surface area contributed by atoms with Gasteiger partial charge in [-0.1, -0.05) is 6.07 Å². The number of furan rings is 1. The van der Waals surface area contributed by atoms with E-state index in [1.165, 1.54) is 12.0 Å². The molecule has 2 heterocycles. The average molecular weight is 491 g/mol. The second-order valence-electron chi connectivity index (χ2n) is 8.05. The standard InChI is InChI=1S/C26H26N4O6/c1-33-12-10-29(26(32)28-21-7-4-19(14-27)5-8-21)17-25(31)30(16-22-3-2-11-34-22)15-20-6-9-23-24(13-20)36-18-35-23/h2-9,11,13H,10,12,15-18H2,1H3,(H,28,32).